The van der Waals surface area contributed by atoms with Crippen LogP contribution in [0.5, 0.6) is 5.88 Å². The van der Waals surface area contributed by atoms with Gasteiger partial charge >= 0.3 is 0 Å². The van der Waals surface area contributed by atoms with Crippen LogP contribution in [0.15, 0.2) is 54.1 Å². The predicted octanol–water partition coefficient (Wildman–Crippen LogP) is 1.89. The van der Waals surface area contributed by atoms with E-state index in [0.29, 0.717) is 24.1 Å². The van der Waals surface area contributed by atoms with Crippen molar-refractivity contribution in [1.29, 1.82) is 0 Å². The van der Waals surface area contributed by atoms with Gasteiger partial charge in [0, 0.05) is 51.5 Å². The molecular formula is C20H25N5O2. The third kappa shape index (κ3) is 3.98. The van der Waals surface area contributed by atoms with Crippen molar-refractivity contribution in [2.24, 2.45) is 0 Å². The van der Waals surface area contributed by atoms with E-state index in [2.05, 4.69) is 48.9 Å². The first-order valence-corrected chi connectivity index (χ1v) is 9.27. The Bertz CT molecular complexity index is 803. The second kappa shape index (κ2) is 7.84. The van der Waals surface area contributed by atoms with Crippen molar-refractivity contribution in [3.05, 3.63) is 59.6 Å². The molecule has 2 aliphatic rings. The Morgan fingerprint density at radius 1 is 1.00 bits per heavy atom. The maximum atomic E-state index is 10.5. The quantitative estimate of drug-likeness (QED) is 0.866. The molecule has 1 N–H and O–H groups in total. The van der Waals surface area contributed by atoms with Crippen molar-refractivity contribution >= 4 is 5.95 Å². The number of aromatic nitrogens is 2. The summed E-state index contributed by atoms with van der Waals surface area (Å²) < 4.78 is 5.19. The summed E-state index contributed by atoms with van der Waals surface area (Å²) in [5, 5.41) is 10.5. The van der Waals surface area contributed by atoms with Gasteiger partial charge in [0.15, 0.2) is 0 Å². The molecule has 0 spiro atoms. The van der Waals surface area contributed by atoms with Gasteiger partial charge in [-0.05, 0) is 5.56 Å². The van der Waals surface area contributed by atoms with Crippen molar-refractivity contribution < 1.29 is 9.84 Å². The van der Waals surface area contributed by atoms with E-state index in [1.807, 2.05) is 6.07 Å². The van der Waals surface area contributed by atoms with Gasteiger partial charge in [0.25, 0.3) is 0 Å². The number of anilines is 1. The molecule has 27 heavy (non-hydrogen) atoms. The molecule has 1 fully saturated rings. The van der Waals surface area contributed by atoms with E-state index in [4.69, 9.17) is 4.74 Å². The average molecular weight is 367 g/mol. The van der Waals surface area contributed by atoms with Gasteiger partial charge in [0.05, 0.1) is 19.4 Å². The van der Waals surface area contributed by atoms with Gasteiger partial charge in [-0.15, -0.1) is 0 Å². The first-order valence-electron chi connectivity index (χ1n) is 9.27. The Balaban J connectivity index is 1.34. The molecule has 0 bridgehead atoms. The lowest BCUT2D eigenvalue weighted by molar-refractivity contribution is 0.275. The van der Waals surface area contributed by atoms with Gasteiger partial charge in [-0.1, -0.05) is 30.3 Å². The predicted molar refractivity (Wildman–Crippen MR) is 104 cm³/mol. The van der Waals surface area contributed by atoms with Crippen LogP contribution in [0.4, 0.5) is 5.95 Å². The molecule has 0 radical (unpaired) electrons. The van der Waals surface area contributed by atoms with Gasteiger partial charge in [-0.25, -0.2) is 4.98 Å². The standard InChI is InChI=1S/C20H25N5O2/c1-27-19-7-8-21-20(22-19)25-11-9-24(10-12-25)17-14-23(15-18(17)26)13-16-5-3-2-4-6-16/h2-8,26H,9-15H2,1H3. The van der Waals surface area contributed by atoms with Gasteiger partial charge in [0.2, 0.25) is 11.8 Å². The van der Waals surface area contributed by atoms with E-state index in [9.17, 15) is 5.11 Å². The summed E-state index contributed by atoms with van der Waals surface area (Å²) in [6, 6.07) is 12.1. The Hall–Kier alpha value is -2.80. The smallest absolute Gasteiger partial charge is 0.228 e. The average Bonchev–Trinajstić information content (AvgIpc) is 3.09. The number of hydrogen-bond acceptors (Lipinski definition) is 7. The van der Waals surface area contributed by atoms with Crippen molar-refractivity contribution in [2.45, 2.75) is 6.54 Å². The zero-order chi connectivity index (χ0) is 18.6. The molecule has 2 aromatic rings. The van der Waals surface area contributed by atoms with Crippen molar-refractivity contribution in [2.75, 3.05) is 51.3 Å². The highest BCUT2D eigenvalue weighted by Crippen LogP contribution is 2.23. The summed E-state index contributed by atoms with van der Waals surface area (Å²) in [6.07, 6.45) is 1.72. The number of piperazine rings is 1. The summed E-state index contributed by atoms with van der Waals surface area (Å²) in [7, 11) is 1.61. The molecule has 1 aromatic carbocycles. The molecule has 2 aliphatic heterocycles. The number of rotatable bonds is 5. The number of methoxy groups -OCH3 is 1. The third-order valence-corrected chi connectivity index (χ3v) is 5.10. The van der Waals surface area contributed by atoms with Crippen molar-refractivity contribution in [3.8, 4) is 5.88 Å². The monoisotopic (exact) mass is 367 g/mol. The molecule has 0 atom stereocenters. The van der Waals surface area contributed by atoms with Crippen LogP contribution in [0.25, 0.3) is 0 Å². The molecule has 142 valence electrons. The SMILES string of the molecule is COc1ccnc(N2CCN(C3=C(O)CN(Cc4ccccc4)C3)CC2)n1. The maximum absolute atomic E-state index is 10.5. The highest BCUT2D eigenvalue weighted by molar-refractivity contribution is 5.33. The van der Waals surface area contributed by atoms with Crippen LogP contribution < -0.4 is 9.64 Å². The largest absolute Gasteiger partial charge is 0.509 e. The fraction of sp³-hybridized carbons (Fsp3) is 0.400. The van der Waals surface area contributed by atoms with Gasteiger partial charge in [-0.3, -0.25) is 4.90 Å². The molecule has 0 unspecified atom stereocenters. The van der Waals surface area contributed by atoms with Crippen LogP contribution in [-0.2, 0) is 6.54 Å². The molecule has 1 aromatic heterocycles. The molecule has 0 saturated carbocycles. The minimum atomic E-state index is 0.497. The van der Waals surface area contributed by atoms with E-state index >= 15 is 0 Å². The Kier molecular flexibility index (Phi) is 5.11. The number of aliphatic hydroxyl groups excluding tert-OH is 1. The number of benzene rings is 1. The minimum absolute atomic E-state index is 0.497. The molecular weight excluding hydrogens is 342 g/mol. The van der Waals surface area contributed by atoms with E-state index in [1.54, 1.807) is 19.4 Å². The lowest BCUT2D eigenvalue weighted by atomic mass is 10.2. The highest BCUT2D eigenvalue weighted by atomic mass is 16.5. The fourth-order valence-electron chi connectivity index (χ4n) is 3.67. The van der Waals surface area contributed by atoms with E-state index in [1.165, 1.54) is 5.56 Å². The lowest BCUT2D eigenvalue weighted by Gasteiger charge is -2.36. The van der Waals surface area contributed by atoms with Crippen LogP contribution >= 0.6 is 0 Å². The zero-order valence-corrected chi connectivity index (χ0v) is 15.6. The molecule has 0 aliphatic carbocycles. The van der Waals surface area contributed by atoms with E-state index in [0.717, 1.165) is 45.0 Å². The lowest BCUT2D eigenvalue weighted by Crippen LogP contribution is -2.47. The van der Waals surface area contributed by atoms with E-state index < -0.39 is 0 Å². The number of aliphatic hydroxyl groups is 1. The Morgan fingerprint density at radius 3 is 2.48 bits per heavy atom. The molecule has 1 saturated heterocycles. The Labute approximate surface area is 159 Å². The van der Waals surface area contributed by atoms with Crippen molar-refractivity contribution in [1.82, 2.24) is 19.8 Å². The van der Waals surface area contributed by atoms with Crippen LogP contribution in [0.1, 0.15) is 5.56 Å². The summed E-state index contributed by atoms with van der Waals surface area (Å²) in [5.74, 6) is 1.77. The van der Waals surface area contributed by atoms with Crippen LogP contribution in [0.2, 0.25) is 0 Å². The molecule has 7 heteroatoms. The second-order valence-corrected chi connectivity index (χ2v) is 6.90. The number of ether oxygens (including phenoxy) is 1. The van der Waals surface area contributed by atoms with Crippen LogP contribution in [0.3, 0.4) is 0 Å². The fourth-order valence-corrected chi connectivity index (χ4v) is 3.67. The van der Waals surface area contributed by atoms with Crippen LogP contribution in [-0.4, -0.2) is 71.3 Å². The molecule has 3 heterocycles. The highest BCUT2D eigenvalue weighted by Gasteiger charge is 2.28. The summed E-state index contributed by atoms with van der Waals surface area (Å²) >= 11 is 0. The van der Waals surface area contributed by atoms with Gasteiger partial charge < -0.3 is 19.6 Å². The normalized spacial score (nSPS) is 18.3. The maximum Gasteiger partial charge on any atom is 0.228 e. The summed E-state index contributed by atoms with van der Waals surface area (Å²) in [5.41, 5.74) is 2.32. The molecule has 4 rings (SSSR count). The topological polar surface area (TPSA) is 65.0 Å². The molecule has 0 amide bonds. The first-order chi connectivity index (χ1) is 13.2. The van der Waals surface area contributed by atoms with Crippen LogP contribution in [0, 0.1) is 0 Å². The first kappa shape index (κ1) is 17.6. The second-order valence-electron chi connectivity index (χ2n) is 6.90. The zero-order valence-electron chi connectivity index (χ0n) is 15.6. The van der Waals surface area contributed by atoms with Gasteiger partial charge in [0.1, 0.15) is 5.76 Å². The Morgan fingerprint density at radius 2 is 1.74 bits per heavy atom. The summed E-state index contributed by atoms with van der Waals surface area (Å²) in [6.45, 7) is 5.59. The van der Waals surface area contributed by atoms with E-state index in [-0.39, 0.29) is 0 Å². The van der Waals surface area contributed by atoms with Gasteiger partial charge in [-0.2, -0.15) is 4.98 Å². The molecule has 7 nitrogen and oxygen atoms in total. The number of hydrogen-bond donors (Lipinski definition) is 1. The van der Waals surface area contributed by atoms with Crippen molar-refractivity contribution in [3.63, 3.8) is 0 Å². The third-order valence-electron chi connectivity index (χ3n) is 5.10. The number of nitrogens with zero attached hydrogens (tertiary/aromatic N) is 5. The minimum Gasteiger partial charge on any atom is -0.509 e. The summed E-state index contributed by atoms with van der Waals surface area (Å²) in [4.78, 5) is 15.5.